The number of ether oxygens (including phenoxy) is 1. The number of thiophene rings is 1. The number of carbonyl (C=O) groups excluding carboxylic acids is 1. The van der Waals surface area contributed by atoms with Gasteiger partial charge in [-0.15, -0.1) is 22.7 Å². The molecule has 0 radical (unpaired) electrons. The Balaban J connectivity index is 1.35. The van der Waals surface area contributed by atoms with Crippen LogP contribution in [0.3, 0.4) is 0 Å². The lowest BCUT2D eigenvalue weighted by atomic mass is 10.2. The van der Waals surface area contributed by atoms with Gasteiger partial charge in [0.05, 0.1) is 16.3 Å². The summed E-state index contributed by atoms with van der Waals surface area (Å²) in [6.07, 6.45) is 6.59. The zero-order valence-electron chi connectivity index (χ0n) is 16.6. The molecule has 4 heterocycles. The SMILES string of the molecule is O=C(C=Cc1cn(-c2ccccc2)nc1-c1cccs1)OCc1cc(=O)n2ccsc2n1. The van der Waals surface area contributed by atoms with Gasteiger partial charge in [0.2, 0.25) is 0 Å². The van der Waals surface area contributed by atoms with E-state index in [9.17, 15) is 9.59 Å². The van der Waals surface area contributed by atoms with Crippen LogP contribution in [0.15, 0.2) is 82.6 Å². The van der Waals surface area contributed by atoms with Gasteiger partial charge in [-0.3, -0.25) is 9.20 Å². The number of nitrogens with zero attached hydrogens (tertiary/aromatic N) is 4. The van der Waals surface area contributed by atoms with Crippen molar-refractivity contribution in [2.75, 3.05) is 0 Å². The van der Waals surface area contributed by atoms with Crippen molar-refractivity contribution in [3.8, 4) is 16.3 Å². The van der Waals surface area contributed by atoms with E-state index in [2.05, 4.69) is 4.98 Å². The fourth-order valence-electron chi connectivity index (χ4n) is 3.14. The first kappa shape index (κ1) is 20.1. The third-order valence-electron chi connectivity index (χ3n) is 4.64. The minimum absolute atomic E-state index is 0.0755. The molecule has 0 aliphatic carbocycles. The van der Waals surface area contributed by atoms with Crippen LogP contribution in [0.1, 0.15) is 11.3 Å². The molecule has 5 aromatic rings. The maximum Gasteiger partial charge on any atom is 0.331 e. The lowest BCUT2D eigenvalue weighted by Crippen LogP contribution is -2.14. The first-order valence-electron chi connectivity index (χ1n) is 9.67. The standard InChI is InChI=1S/C23H16N4O3S2/c28-20-13-17(24-23-26(20)10-12-32-23)15-30-21(29)9-8-16-14-27(18-5-2-1-3-6-18)25-22(16)19-7-4-11-31-19/h1-14H,15H2. The number of fused-ring (bicyclic) bond motifs is 1. The molecule has 0 unspecified atom stereocenters. The monoisotopic (exact) mass is 460 g/mol. The van der Waals surface area contributed by atoms with E-state index in [0.29, 0.717) is 10.7 Å². The summed E-state index contributed by atoms with van der Waals surface area (Å²) >= 11 is 2.93. The van der Waals surface area contributed by atoms with E-state index >= 15 is 0 Å². The largest absolute Gasteiger partial charge is 0.456 e. The average molecular weight is 461 g/mol. The van der Waals surface area contributed by atoms with Gasteiger partial charge in [-0.25, -0.2) is 14.5 Å². The Morgan fingerprint density at radius 1 is 1.09 bits per heavy atom. The van der Waals surface area contributed by atoms with Crippen molar-refractivity contribution in [1.29, 1.82) is 0 Å². The Bertz CT molecular complexity index is 1460. The number of benzene rings is 1. The predicted octanol–water partition coefficient (Wildman–Crippen LogP) is 4.43. The Labute approximate surface area is 190 Å². The Morgan fingerprint density at radius 2 is 1.97 bits per heavy atom. The molecular formula is C23H16N4O3S2. The molecule has 0 amide bonds. The van der Waals surface area contributed by atoms with Crippen molar-refractivity contribution >= 4 is 39.7 Å². The van der Waals surface area contributed by atoms with Crippen LogP contribution >= 0.6 is 22.7 Å². The number of hydrogen-bond donors (Lipinski definition) is 0. The average Bonchev–Trinajstić information content (AvgIpc) is 3.57. The van der Waals surface area contributed by atoms with Gasteiger partial charge in [0.1, 0.15) is 12.3 Å². The van der Waals surface area contributed by atoms with E-state index in [0.717, 1.165) is 21.8 Å². The van der Waals surface area contributed by atoms with E-state index in [1.807, 2.05) is 54.0 Å². The maximum atomic E-state index is 12.3. The molecule has 5 rings (SSSR count). The predicted molar refractivity (Wildman–Crippen MR) is 125 cm³/mol. The lowest BCUT2D eigenvalue weighted by molar-refractivity contribution is -0.139. The molecule has 158 valence electrons. The van der Waals surface area contributed by atoms with Crippen LogP contribution in [0.25, 0.3) is 27.3 Å². The van der Waals surface area contributed by atoms with E-state index < -0.39 is 5.97 Å². The van der Waals surface area contributed by atoms with E-state index in [4.69, 9.17) is 9.84 Å². The van der Waals surface area contributed by atoms with E-state index in [-0.39, 0.29) is 12.2 Å². The molecule has 1 aromatic carbocycles. The second-order valence-electron chi connectivity index (χ2n) is 6.77. The second-order valence-corrected chi connectivity index (χ2v) is 8.59. The summed E-state index contributed by atoms with van der Waals surface area (Å²) in [4.78, 5) is 30.3. The fourth-order valence-corrected chi connectivity index (χ4v) is 4.61. The first-order valence-corrected chi connectivity index (χ1v) is 11.4. The third-order valence-corrected chi connectivity index (χ3v) is 6.27. The van der Waals surface area contributed by atoms with Gasteiger partial charge >= 0.3 is 5.97 Å². The van der Waals surface area contributed by atoms with Crippen LogP contribution in [-0.2, 0) is 16.1 Å². The number of thiazole rings is 1. The number of esters is 1. The highest BCUT2D eigenvalue weighted by Gasteiger charge is 2.12. The first-order chi connectivity index (χ1) is 15.7. The Hall–Kier alpha value is -3.82. The van der Waals surface area contributed by atoms with Gasteiger partial charge in [-0.05, 0) is 29.7 Å². The highest BCUT2D eigenvalue weighted by atomic mass is 32.1. The molecule has 0 saturated heterocycles. The minimum atomic E-state index is -0.525. The van der Waals surface area contributed by atoms with Gasteiger partial charge in [-0.1, -0.05) is 24.3 Å². The van der Waals surface area contributed by atoms with Crippen LogP contribution < -0.4 is 5.56 Å². The topological polar surface area (TPSA) is 78.5 Å². The molecule has 0 spiro atoms. The van der Waals surface area contributed by atoms with Crippen LogP contribution in [0, 0.1) is 0 Å². The molecule has 0 fully saturated rings. The molecule has 9 heteroatoms. The smallest absolute Gasteiger partial charge is 0.331 e. The second kappa shape index (κ2) is 8.74. The summed E-state index contributed by atoms with van der Waals surface area (Å²) in [7, 11) is 0. The van der Waals surface area contributed by atoms with Crippen molar-refractivity contribution < 1.29 is 9.53 Å². The van der Waals surface area contributed by atoms with Gasteiger partial charge in [0.25, 0.3) is 5.56 Å². The zero-order valence-corrected chi connectivity index (χ0v) is 18.3. The molecule has 4 aromatic heterocycles. The Kier molecular flexibility index (Phi) is 5.49. The van der Waals surface area contributed by atoms with Crippen molar-refractivity contribution in [3.05, 3.63) is 99.4 Å². The van der Waals surface area contributed by atoms with Crippen LogP contribution in [0.4, 0.5) is 0 Å². The summed E-state index contributed by atoms with van der Waals surface area (Å²) in [5, 5.41) is 8.47. The molecule has 0 aliphatic heterocycles. The molecule has 32 heavy (non-hydrogen) atoms. The summed E-state index contributed by atoms with van der Waals surface area (Å²) in [5.74, 6) is -0.525. The van der Waals surface area contributed by atoms with Gasteiger partial charge < -0.3 is 4.74 Å². The lowest BCUT2D eigenvalue weighted by Gasteiger charge is -2.01. The van der Waals surface area contributed by atoms with Gasteiger partial charge in [0.15, 0.2) is 4.96 Å². The fraction of sp³-hybridized carbons (Fsp3) is 0.0435. The summed E-state index contributed by atoms with van der Waals surface area (Å²) in [6, 6.07) is 15.1. The van der Waals surface area contributed by atoms with Crippen molar-refractivity contribution in [2.24, 2.45) is 0 Å². The number of hydrogen-bond acceptors (Lipinski definition) is 7. The van der Waals surface area contributed by atoms with Crippen LogP contribution in [0.2, 0.25) is 0 Å². The zero-order chi connectivity index (χ0) is 21.9. The van der Waals surface area contributed by atoms with E-state index in [1.54, 1.807) is 33.7 Å². The number of rotatable bonds is 6. The molecule has 0 saturated carbocycles. The normalized spacial score (nSPS) is 11.4. The molecule has 0 aliphatic rings. The molecule has 7 nitrogen and oxygen atoms in total. The number of carbonyl (C=O) groups is 1. The summed E-state index contributed by atoms with van der Waals surface area (Å²) < 4.78 is 8.53. The number of aromatic nitrogens is 4. The summed E-state index contributed by atoms with van der Waals surface area (Å²) in [6.45, 7) is -0.0755. The van der Waals surface area contributed by atoms with Crippen molar-refractivity contribution in [2.45, 2.75) is 6.61 Å². The summed E-state index contributed by atoms with van der Waals surface area (Å²) in [5.41, 5.74) is 2.71. The van der Waals surface area contributed by atoms with Crippen LogP contribution in [0.5, 0.6) is 0 Å². The molecule has 0 N–H and O–H groups in total. The van der Waals surface area contributed by atoms with Crippen LogP contribution in [-0.4, -0.2) is 25.1 Å². The maximum absolute atomic E-state index is 12.3. The number of para-hydroxylation sites is 1. The molecule has 0 bridgehead atoms. The molecule has 0 atom stereocenters. The molecular weight excluding hydrogens is 444 g/mol. The highest BCUT2D eigenvalue weighted by molar-refractivity contribution is 7.15. The quantitative estimate of drug-likeness (QED) is 0.277. The van der Waals surface area contributed by atoms with Crippen molar-refractivity contribution in [1.82, 2.24) is 19.2 Å². The third kappa shape index (κ3) is 4.16. The Morgan fingerprint density at radius 3 is 2.78 bits per heavy atom. The van der Waals surface area contributed by atoms with Crippen molar-refractivity contribution in [3.63, 3.8) is 0 Å². The highest BCUT2D eigenvalue weighted by Crippen LogP contribution is 2.28. The van der Waals surface area contributed by atoms with Gasteiger partial charge in [-0.2, -0.15) is 5.10 Å². The minimum Gasteiger partial charge on any atom is -0.456 e. The van der Waals surface area contributed by atoms with E-state index in [1.165, 1.54) is 27.9 Å². The van der Waals surface area contributed by atoms with Gasteiger partial charge in [0, 0.05) is 35.5 Å².